The van der Waals surface area contributed by atoms with E-state index in [1.807, 2.05) is 18.2 Å². The van der Waals surface area contributed by atoms with E-state index in [2.05, 4.69) is 4.98 Å². The molecule has 1 aromatic heterocycles. The van der Waals surface area contributed by atoms with Gasteiger partial charge in [-0.25, -0.2) is 9.79 Å². The number of carbonyl (C=O) groups is 2. The highest BCUT2D eigenvalue weighted by Crippen LogP contribution is 2.34. The van der Waals surface area contributed by atoms with Crippen molar-refractivity contribution >= 4 is 39.9 Å². The number of nitrogens with zero attached hydrogens (tertiary/aromatic N) is 2. The van der Waals surface area contributed by atoms with Crippen LogP contribution in [0.3, 0.4) is 0 Å². The summed E-state index contributed by atoms with van der Waals surface area (Å²) in [5.74, 6) is -0.253. The van der Waals surface area contributed by atoms with Gasteiger partial charge in [-0.1, -0.05) is 18.2 Å². The summed E-state index contributed by atoms with van der Waals surface area (Å²) < 4.78 is 4.83. The minimum atomic E-state index is -1.02. The number of rotatable bonds is 6. The number of anilines is 1. The van der Waals surface area contributed by atoms with E-state index in [4.69, 9.17) is 25.2 Å². The Labute approximate surface area is 230 Å². The number of H-pyrrole nitrogens is 1. The molecular formula is C30H30N4O6. The Morgan fingerprint density at radius 1 is 1.07 bits per heavy atom. The van der Waals surface area contributed by atoms with Crippen LogP contribution < -0.4 is 15.5 Å². The van der Waals surface area contributed by atoms with Gasteiger partial charge in [0, 0.05) is 41.2 Å². The summed E-state index contributed by atoms with van der Waals surface area (Å²) in [6.45, 7) is 3.78. The SMILES string of the molecule is COC(=O)c1ccc2c(C(=Nc3ccc(N(C)C(=O)C(C)(C)N)cc3)c3ccc4c(c3)OOCC4)c(O)[nH]c2c1. The van der Waals surface area contributed by atoms with Gasteiger partial charge >= 0.3 is 5.97 Å². The summed E-state index contributed by atoms with van der Waals surface area (Å²) in [5.41, 5.74) is 9.70. The number of methoxy groups -OCH3 is 1. The zero-order valence-electron chi connectivity index (χ0n) is 22.6. The molecule has 0 radical (unpaired) electrons. The molecule has 1 aliphatic rings. The molecule has 0 aliphatic carbocycles. The van der Waals surface area contributed by atoms with E-state index in [1.54, 1.807) is 63.4 Å². The second kappa shape index (κ2) is 10.5. The first-order chi connectivity index (χ1) is 19.1. The fourth-order valence-corrected chi connectivity index (χ4v) is 4.60. The van der Waals surface area contributed by atoms with E-state index < -0.39 is 11.5 Å². The number of aromatic amines is 1. The Morgan fingerprint density at radius 2 is 1.80 bits per heavy atom. The van der Waals surface area contributed by atoms with Gasteiger partial charge in [0.05, 0.1) is 41.8 Å². The molecule has 1 aliphatic heterocycles. The fraction of sp³-hybridized carbons (Fsp3) is 0.233. The molecule has 10 nitrogen and oxygen atoms in total. The van der Waals surface area contributed by atoms with E-state index in [-0.39, 0.29) is 11.8 Å². The molecule has 0 saturated heterocycles. The largest absolute Gasteiger partial charge is 0.494 e. The quantitative estimate of drug-likeness (QED) is 0.186. The summed E-state index contributed by atoms with van der Waals surface area (Å²) in [7, 11) is 2.98. The predicted molar refractivity (Wildman–Crippen MR) is 151 cm³/mol. The molecule has 0 fully saturated rings. The number of aromatic hydroxyl groups is 1. The number of hydrogen-bond donors (Lipinski definition) is 3. The lowest BCUT2D eigenvalue weighted by molar-refractivity contribution is -0.215. The van der Waals surface area contributed by atoms with Gasteiger partial charge in [-0.05, 0) is 56.3 Å². The summed E-state index contributed by atoms with van der Waals surface area (Å²) in [4.78, 5) is 44.7. The number of hydrogen-bond acceptors (Lipinski definition) is 8. The van der Waals surface area contributed by atoms with Crippen LogP contribution in [-0.4, -0.2) is 54.0 Å². The first-order valence-electron chi connectivity index (χ1n) is 12.7. The molecule has 0 atom stereocenters. The highest BCUT2D eigenvalue weighted by Gasteiger charge is 2.26. The molecule has 0 unspecified atom stereocenters. The lowest BCUT2D eigenvalue weighted by Crippen LogP contribution is -2.49. The molecule has 0 bridgehead atoms. The van der Waals surface area contributed by atoms with E-state index in [9.17, 15) is 14.7 Å². The highest BCUT2D eigenvalue weighted by atomic mass is 17.2. The van der Waals surface area contributed by atoms with Crippen molar-refractivity contribution in [1.29, 1.82) is 0 Å². The lowest BCUT2D eigenvalue weighted by atomic mass is 9.98. The van der Waals surface area contributed by atoms with Crippen LogP contribution in [0.4, 0.5) is 11.4 Å². The average Bonchev–Trinajstić information content (AvgIpc) is 3.28. The summed E-state index contributed by atoms with van der Waals surface area (Å²) in [6, 6.07) is 17.8. The first kappa shape index (κ1) is 26.9. The maximum absolute atomic E-state index is 12.6. The average molecular weight is 543 g/mol. The number of benzene rings is 3. The van der Waals surface area contributed by atoms with Gasteiger partial charge in [0.1, 0.15) is 0 Å². The second-order valence-corrected chi connectivity index (χ2v) is 10.1. The van der Waals surface area contributed by atoms with Gasteiger partial charge in [0.25, 0.3) is 0 Å². The van der Waals surface area contributed by atoms with Crippen molar-refractivity contribution in [2.75, 3.05) is 25.7 Å². The van der Waals surface area contributed by atoms with Crippen molar-refractivity contribution in [2.45, 2.75) is 25.8 Å². The number of likely N-dealkylation sites (N-methyl/N-ethyl adjacent to an activating group) is 1. The smallest absolute Gasteiger partial charge is 0.337 e. The van der Waals surface area contributed by atoms with Crippen LogP contribution >= 0.6 is 0 Å². The second-order valence-electron chi connectivity index (χ2n) is 10.1. The van der Waals surface area contributed by atoms with Crippen molar-refractivity contribution in [3.05, 3.63) is 82.9 Å². The van der Waals surface area contributed by atoms with Crippen LogP contribution in [-0.2, 0) is 20.8 Å². The van der Waals surface area contributed by atoms with E-state index >= 15 is 0 Å². The van der Waals surface area contributed by atoms with E-state index in [1.165, 1.54) is 12.0 Å². The third-order valence-electron chi connectivity index (χ3n) is 6.71. The minimum Gasteiger partial charge on any atom is -0.494 e. The number of ether oxygens (including phenoxy) is 1. The number of nitrogens with one attached hydrogen (secondary N) is 1. The van der Waals surface area contributed by atoms with Crippen molar-refractivity contribution in [3.63, 3.8) is 0 Å². The zero-order chi connectivity index (χ0) is 28.6. The Hall–Kier alpha value is -4.67. The number of esters is 1. The van der Waals surface area contributed by atoms with Crippen LogP contribution in [0.2, 0.25) is 0 Å². The lowest BCUT2D eigenvalue weighted by Gasteiger charge is -2.26. The summed E-state index contributed by atoms with van der Waals surface area (Å²) >= 11 is 0. The van der Waals surface area contributed by atoms with Crippen LogP contribution in [0.1, 0.15) is 40.9 Å². The van der Waals surface area contributed by atoms with Crippen LogP contribution in [0.15, 0.2) is 65.7 Å². The third-order valence-corrected chi connectivity index (χ3v) is 6.71. The minimum absolute atomic E-state index is 0.113. The number of fused-ring (bicyclic) bond motifs is 2. The first-order valence-corrected chi connectivity index (χ1v) is 12.7. The number of aromatic nitrogens is 1. The van der Waals surface area contributed by atoms with Crippen LogP contribution in [0, 0.1) is 0 Å². The molecule has 10 heteroatoms. The maximum atomic E-state index is 12.6. The van der Waals surface area contributed by atoms with Crippen molar-refractivity contribution in [1.82, 2.24) is 4.98 Å². The number of amides is 1. The standard InChI is InChI=1S/C30H30N4O6/c1-30(2,31)29(37)34(3)21-10-8-20(9-11-21)32-26(18-6-5-17-13-14-39-40-24(17)16-18)25-22-12-7-19(28(36)38-4)15-23(22)33-27(25)35/h5-12,15-16,33,35H,13-14,31H2,1-4H3. The van der Waals surface area contributed by atoms with E-state index in [0.29, 0.717) is 63.5 Å². The van der Waals surface area contributed by atoms with Gasteiger partial charge in [0.15, 0.2) is 11.6 Å². The molecule has 1 amide bonds. The maximum Gasteiger partial charge on any atom is 0.337 e. The van der Waals surface area contributed by atoms with Gasteiger partial charge < -0.3 is 30.3 Å². The molecule has 0 saturated carbocycles. The van der Waals surface area contributed by atoms with E-state index in [0.717, 1.165) is 5.56 Å². The Balaban J connectivity index is 1.62. The Morgan fingerprint density at radius 3 is 2.50 bits per heavy atom. The molecule has 4 aromatic rings. The van der Waals surface area contributed by atoms with Crippen LogP contribution in [0.5, 0.6) is 11.6 Å². The molecule has 0 spiro atoms. The summed E-state index contributed by atoms with van der Waals surface area (Å²) in [6.07, 6.45) is 0.712. The molecular weight excluding hydrogens is 512 g/mol. The molecule has 40 heavy (non-hydrogen) atoms. The molecule has 3 aromatic carbocycles. The zero-order valence-corrected chi connectivity index (χ0v) is 22.6. The number of nitrogens with two attached hydrogens (primary N) is 1. The topological polar surface area (TPSA) is 139 Å². The van der Waals surface area contributed by atoms with Gasteiger partial charge in [-0.3, -0.25) is 4.79 Å². The van der Waals surface area contributed by atoms with Gasteiger partial charge in [-0.15, -0.1) is 0 Å². The monoisotopic (exact) mass is 542 g/mol. The van der Waals surface area contributed by atoms with Crippen LogP contribution in [0.25, 0.3) is 10.9 Å². The fourth-order valence-electron chi connectivity index (χ4n) is 4.60. The van der Waals surface area contributed by atoms with Crippen molar-refractivity contribution < 1.29 is 29.2 Å². The predicted octanol–water partition coefficient (Wildman–Crippen LogP) is 4.40. The number of aliphatic imine (C=N–C) groups is 1. The molecule has 5 rings (SSSR count). The Kier molecular flexibility index (Phi) is 7.05. The van der Waals surface area contributed by atoms with Gasteiger partial charge in [-0.2, -0.15) is 4.89 Å². The van der Waals surface area contributed by atoms with Gasteiger partial charge in [0.2, 0.25) is 5.91 Å². The summed E-state index contributed by atoms with van der Waals surface area (Å²) in [5, 5.41) is 11.7. The van der Waals surface area contributed by atoms with Crippen molar-refractivity contribution in [3.8, 4) is 11.6 Å². The molecule has 2 heterocycles. The van der Waals surface area contributed by atoms with Crippen molar-refractivity contribution in [2.24, 2.45) is 10.7 Å². The third kappa shape index (κ3) is 5.14. The Bertz CT molecular complexity index is 1630. The molecule has 206 valence electrons. The highest BCUT2D eigenvalue weighted by molar-refractivity contribution is 6.22. The number of carbonyl (C=O) groups excluding carboxylic acids is 2. The normalized spacial score (nSPS) is 13.5. The molecule has 4 N–H and O–H groups in total.